The molecule has 1 saturated heterocycles. The molecule has 5 rings (SSSR count). The second-order valence-electron chi connectivity index (χ2n) is 9.52. The summed E-state index contributed by atoms with van der Waals surface area (Å²) in [6.07, 6.45) is 0. The lowest BCUT2D eigenvalue weighted by Gasteiger charge is -2.30. The van der Waals surface area contributed by atoms with Gasteiger partial charge in [-0.1, -0.05) is 84.9 Å². The quantitative estimate of drug-likeness (QED) is 0.314. The van der Waals surface area contributed by atoms with Gasteiger partial charge in [0.2, 0.25) is 0 Å². The van der Waals surface area contributed by atoms with Crippen LogP contribution >= 0.6 is 0 Å². The summed E-state index contributed by atoms with van der Waals surface area (Å²) in [5, 5.41) is 3.97. The number of amides is 2. The number of benzene rings is 4. The van der Waals surface area contributed by atoms with Crippen molar-refractivity contribution >= 4 is 39.5 Å². The second kappa shape index (κ2) is 10.2. The number of esters is 2. The molecule has 0 saturated carbocycles. The van der Waals surface area contributed by atoms with Crippen LogP contribution in [0.5, 0.6) is 0 Å². The first-order valence-electron chi connectivity index (χ1n) is 12.6. The minimum atomic E-state index is -1.19. The Bertz CT molecular complexity index is 1410. The molecule has 0 radical (unpaired) electrons. The molecule has 4 aromatic carbocycles. The van der Waals surface area contributed by atoms with E-state index in [2.05, 4.69) is 0 Å². The van der Waals surface area contributed by atoms with Gasteiger partial charge in [-0.2, -0.15) is 0 Å². The number of carbonyl (C=O) groups is 3. The van der Waals surface area contributed by atoms with Gasteiger partial charge in [-0.3, -0.25) is 0 Å². The molecule has 2 amide bonds. The number of carbonyl (C=O) groups excluding carboxylic acids is 3. The Morgan fingerprint density at radius 2 is 1.00 bits per heavy atom. The molecule has 4 aromatic rings. The van der Waals surface area contributed by atoms with Crippen molar-refractivity contribution in [2.24, 2.45) is 0 Å². The minimum Gasteiger partial charge on any atom is -0.467 e. The highest BCUT2D eigenvalue weighted by Crippen LogP contribution is 2.41. The third-order valence-electron chi connectivity index (χ3n) is 7.61. The van der Waals surface area contributed by atoms with Crippen LogP contribution in [0.3, 0.4) is 0 Å². The Hall–Kier alpha value is -4.39. The molecule has 0 bridgehead atoms. The van der Waals surface area contributed by atoms with Gasteiger partial charge in [-0.25, -0.2) is 14.4 Å². The normalized spacial score (nSPS) is 19.0. The number of hydrogen-bond acceptors (Lipinski definition) is 5. The Labute approximate surface area is 221 Å². The highest BCUT2D eigenvalue weighted by atomic mass is 16.5. The topological polar surface area (TPSA) is 76.2 Å². The fraction of sp³-hybridized carbons (Fsp3) is 0.258. The van der Waals surface area contributed by atoms with Crippen LogP contribution in [0.4, 0.5) is 4.79 Å². The molecule has 1 fully saturated rings. The smallest absolute Gasteiger partial charge is 0.331 e. The van der Waals surface area contributed by atoms with E-state index >= 15 is 0 Å². The second-order valence-corrected chi connectivity index (χ2v) is 9.52. The first kappa shape index (κ1) is 25.3. The van der Waals surface area contributed by atoms with E-state index in [9.17, 15) is 14.4 Å². The summed E-state index contributed by atoms with van der Waals surface area (Å²) < 4.78 is 10.3. The Morgan fingerprint density at radius 1 is 0.632 bits per heavy atom. The first-order valence-corrected chi connectivity index (χ1v) is 12.6. The van der Waals surface area contributed by atoms with E-state index in [4.69, 9.17) is 9.47 Å². The highest BCUT2D eigenvalue weighted by Gasteiger charge is 2.57. The molecular formula is C31H30N2O5. The highest BCUT2D eigenvalue weighted by molar-refractivity contribution is 5.98. The molecule has 0 aliphatic carbocycles. The summed E-state index contributed by atoms with van der Waals surface area (Å²) in [5.41, 5.74) is 1.74. The molecule has 38 heavy (non-hydrogen) atoms. The molecule has 0 aromatic heterocycles. The van der Waals surface area contributed by atoms with Crippen LogP contribution in [0.2, 0.25) is 0 Å². The number of rotatable bonds is 6. The SMILES string of the molecule is COC(=O)C1C(C(=O)OC)N(C(C)c2cccc3ccccc23)C(=O)N1C(C)c1cccc2ccccc12. The molecule has 1 heterocycles. The summed E-state index contributed by atoms with van der Waals surface area (Å²) in [6, 6.07) is 23.6. The predicted octanol–water partition coefficient (Wildman–Crippen LogP) is 5.64. The number of urea groups is 1. The summed E-state index contributed by atoms with van der Waals surface area (Å²) in [5.74, 6) is -1.35. The maximum absolute atomic E-state index is 14.3. The Morgan fingerprint density at radius 3 is 1.39 bits per heavy atom. The zero-order valence-corrected chi connectivity index (χ0v) is 21.8. The van der Waals surface area contributed by atoms with E-state index in [-0.39, 0.29) is 0 Å². The monoisotopic (exact) mass is 510 g/mol. The molecule has 7 heteroatoms. The van der Waals surface area contributed by atoms with Crippen LogP contribution < -0.4 is 0 Å². The summed E-state index contributed by atoms with van der Waals surface area (Å²) in [7, 11) is 2.53. The number of hydrogen-bond donors (Lipinski definition) is 0. The molecule has 4 atom stereocenters. The largest absolute Gasteiger partial charge is 0.467 e. The summed E-state index contributed by atoms with van der Waals surface area (Å²) in [4.78, 5) is 43.8. The van der Waals surface area contributed by atoms with Crippen molar-refractivity contribution in [2.45, 2.75) is 38.0 Å². The fourth-order valence-corrected chi connectivity index (χ4v) is 5.74. The number of methoxy groups -OCH3 is 2. The molecule has 1 aliphatic heterocycles. The van der Waals surface area contributed by atoms with Crippen molar-refractivity contribution in [1.82, 2.24) is 9.80 Å². The first-order chi connectivity index (χ1) is 18.4. The lowest BCUT2D eigenvalue weighted by Crippen LogP contribution is -2.49. The van der Waals surface area contributed by atoms with E-state index in [0.29, 0.717) is 0 Å². The van der Waals surface area contributed by atoms with E-state index < -0.39 is 42.1 Å². The average molecular weight is 511 g/mol. The van der Waals surface area contributed by atoms with Gasteiger partial charge < -0.3 is 19.3 Å². The van der Waals surface area contributed by atoms with Gasteiger partial charge in [0, 0.05) is 0 Å². The van der Waals surface area contributed by atoms with Gasteiger partial charge in [0.15, 0.2) is 12.1 Å². The molecular weight excluding hydrogens is 480 g/mol. The predicted molar refractivity (Wildman–Crippen MR) is 145 cm³/mol. The van der Waals surface area contributed by atoms with Gasteiger partial charge in [0.05, 0.1) is 26.3 Å². The number of nitrogens with zero attached hydrogens (tertiary/aromatic N) is 2. The maximum Gasteiger partial charge on any atom is 0.331 e. The third-order valence-corrected chi connectivity index (χ3v) is 7.61. The van der Waals surface area contributed by atoms with Gasteiger partial charge in [-0.15, -0.1) is 0 Å². The van der Waals surface area contributed by atoms with Crippen LogP contribution in [-0.4, -0.2) is 54.1 Å². The average Bonchev–Trinajstić information content (AvgIpc) is 3.27. The van der Waals surface area contributed by atoms with Crippen molar-refractivity contribution < 1.29 is 23.9 Å². The summed E-state index contributed by atoms with van der Waals surface area (Å²) >= 11 is 0. The standard InChI is InChI=1S/C31H30N2O5/c1-19(23-17-9-13-21-11-5-7-15-25(21)23)32-27(29(34)37-3)28(30(35)38-4)33(31(32)36)20(2)24-18-10-14-22-12-6-8-16-26(22)24/h5-20,27-28H,1-4H3. The number of ether oxygens (including phenoxy) is 2. The summed E-state index contributed by atoms with van der Waals surface area (Å²) in [6.45, 7) is 3.74. The van der Waals surface area contributed by atoms with Gasteiger partial charge >= 0.3 is 18.0 Å². The van der Waals surface area contributed by atoms with Crippen molar-refractivity contribution in [3.8, 4) is 0 Å². The van der Waals surface area contributed by atoms with E-state index in [0.717, 1.165) is 32.7 Å². The van der Waals surface area contributed by atoms with Crippen molar-refractivity contribution in [3.63, 3.8) is 0 Å². The third kappa shape index (κ3) is 4.04. The van der Waals surface area contributed by atoms with Crippen molar-refractivity contribution in [3.05, 3.63) is 96.1 Å². The maximum atomic E-state index is 14.3. The number of fused-ring (bicyclic) bond motifs is 2. The molecule has 194 valence electrons. The van der Waals surface area contributed by atoms with Gasteiger partial charge in [-0.05, 0) is 46.5 Å². The minimum absolute atomic E-state index is 0.434. The van der Waals surface area contributed by atoms with Gasteiger partial charge in [0.1, 0.15) is 0 Å². The van der Waals surface area contributed by atoms with Crippen molar-refractivity contribution in [1.29, 1.82) is 0 Å². The van der Waals surface area contributed by atoms with E-state index in [1.807, 2.05) is 98.8 Å². The Balaban J connectivity index is 1.66. The van der Waals surface area contributed by atoms with Crippen LogP contribution in [0.25, 0.3) is 21.5 Å². The van der Waals surface area contributed by atoms with Crippen LogP contribution in [0.1, 0.15) is 37.1 Å². The molecule has 7 nitrogen and oxygen atoms in total. The fourth-order valence-electron chi connectivity index (χ4n) is 5.74. The van der Waals surface area contributed by atoms with Gasteiger partial charge in [0.25, 0.3) is 0 Å². The molecule has 0 N–H and O–H groups in total. The molecule has 4 unspecified atom stereocenters. The van der Waals surface area contributed by atoms with E-state index in [1.54, 1.807) is 0 Å². The van der Waals surface area contributed by atoms with Crippen molar-refractivity contribution in [2.75, 3.05) is 14.2 Å². The zero-order valence-electron chi connectivity index (χ0n) is 21.8. The van der Waals surface area contributed by atoms with Crippen LogP contribution in [0, 0.1) is 0 Å². The zero-order chi connectivity index (χ0) is 27.0. The lowest BCUT2D eigenvalue weighted by atomic mass is 9.96. The van der Waals surface area contributed by atoms with Crippen LogP contribution in [-0.2, 0) is 19.1 Å². The van der Waals surface area contributed by atoms with Crippen LogP contribution in [0.15, 0.2) is 84.9 Å². The molecule has 0 spiro atoms. The van der Waals surface area contributed by atoms with E-state index in [1.165, 1.54) is 24.0 Å². The molecule has 1 aliphatic rings. The lowest BCUT2D eigenvalue weighted by molar-refractivity contribution is -0.155. The Kier molecular flexibility index (Phi) is 6.76.